The van der Waals surface area contributed by atoms with Crippen LogP contribution in [0.15, 0.2) is 24.3 Å². The molecular formula is C53H105N2O6P. The number of aliphatic hydroxyl groups excluding tert-OH is 1. The molecule has 0 bridgehead atoms. The Balaban J connectivity index is 4.10. The number of aliphatic hydroxyl groups is 1. The van der Waals surface area contributed by atoms with E-state index in [1.54, 1.807) is 6.08 Å². The largest absolute Gasteiger partial charge is 0.756 e. The quantitative estimate of drug-likeness (QED) is 0.0273. The molecule has 0 aliphatic rings. The lowest BCUT2D eigenvalue weighted by Gasteiger charge is -2.29. The van der Waals surface area contributed by atoms with Gasteiger partial charge in [-0.1, -0.05) is 244 Å². The first-order chi connectivity index (χ1) is 30.0. The van der Waals surface area contributed by atoms with Crippen molar-refractivity contribution in [2.24, 2.45) is 0 Å². The van der Waals surface area contributed by atoms with Crippen molar-refractivity contribution in [3.8, 4) is 0 Å². The number of amides is 1. The van der Waals surface area contributed by atoms with Gasteiger partial charge in [-0.3, -0.25) is 9.36 Å². The number of rotatable bonds is 49. The van der Waals surface area contributed by atoms with Crippen molar-refractivity contribution in [2.45, 2.75) is 270 Å². The second kappa shape index (κ2) is 45.1. The number of phosphoric ester groups is 1. The van der Waals surface area contributed by atoms with E-state index >= 15 is 0 Å². The van der Waals surface area contributed by atoms with Crippen molar-refractivity contribution in [2.75, 3.05) is 40.9 Å². The standard InChI is InChI=1S/C53H105N2O6P/c1-6-8-10-12-14-16-18-19-20-21-22-23-24-25-26-27-28-29-30-31-32-33-34-35-36-37-38-40-42-44-46-52(56)51(50-61-62(58,59)60-49-48-55(3,4)5)54-53(57)47-45-43-41-39-17-15-13-11-9-7-2/h37-38,44,46,51-52,56H,6-36,39-43,45,47-50H2,1-5H3,(H-,54,57,58,59)/b38-37+,46-44+. The van der Waals surface area contributed by atoms with E-state index in [2.05, 4.69) is 31.3 Å². The van der Waals surface area contributed by atoms with Gasteiger partial charge in [0.25, 0.3) is 7.82 Å². The lowest BCUT2D eigenvalue weighted by molar-refractivity contribution is -0.870. The van der Waals surface area contributed by atoms with Crippen LogP contribution in [-0.2, 0) is 18.4 Å². The summed E-state index contributed by atoms with van der Waals surface area (Å²) in [5.74, 6) is -0.207. The molecule has 0 saturated heterocycles. The van der Waals surface area contributed by atoms with Gasteiger partial charge in [0.2, 0.25) is 5.91 Å². The molecule has 0 aromatic heterocycles. The van der Waals surface area contributed by atoms with Crippen LogP contribution >= 0.6 is 7.82 Å². The van der Waals surface area contributed by atoms with Crippen LogP contribution < -0.4 is 10.2 Å². The summed E-state index contributed by atoms with van der Waals surface area (Å²) in [7, 11) is 1.25. The van der Waals surface area contributed by atoms with E-state index in [4.69, 9.17) is 9.05 Å². The van der Waals surface area contributed by atoms with Crippen molar-refractivity contribution < 1.29 is 32.9 Å². The van der Waals surface area contributed by atoms with Crippen molar-refractivity contribution in [3.63, 3.8) is 0 Å². The summed E-state index contributed by atoms with van der Waals surface area (Å²) in [4.78, 5) is 25.3. The van der Waals surface area contributed by atoms with Gasteiger partial charge in [0, 0.05) is 6.42 Å². The summed E-state index contributed by atoms with van der Waals surface area (Å²) in [6.45, 7) is 4.63. The van der Waals surface area contributed by atoms with Crippen LogP contribution in [-0.4, -0.2) is 68.5 Å². The van der Waals surface area contributed by atoms with E-state index in [1.165, 1.54) is 199 Å². The zero-order valence-corrected chi connectivity index (χ0v) is 42.7. The maximum Gasteiger partial charge on any atom is 0.268 e. The van der Waals surface area contributed by atoms with Crippen LogP contribution in [0.4, 0.5) is 0 Å². The second-order valence-electron chi connectivity index (χ2n) is 19.6. The molecule has 0 aliphatic heterocycles. The van der Waals surface area contributed by atoms with E-state index < -0.39 is 20.0 Å². The molecule has 3 atom stereocenters. The van der Waals surface area contributed by atoms with Crippen molar-refractivity contribution in [1.29, 1.82) is 0 Å². The molecular weight excluding hydrogens is 792 g/mol. The number of nitrogens with zero attached hydrogens (tertiary/aromatic N) is 1. The number of carbonyl (C=O) groups excluding carboxylic acids is 1. The fourth-order valence-corrected chi connectivity index (χ4v) is 8.66. The molecule has 0 aromatic carbocycles. The molecule has 0 radical (unpaired) electrons. The minimum absolute atomic E-state index is 0.00428. The smallest absolute Gasteiger partial charge is 0.268 e. The Kier molecular flexibility index (Phi) is 44.4. The molecule has 62 heavy (non-hydrogen) atoms. The number of nitrogens with one attached hydrogen (secondary N) is 1. The molecule has 0 fully saturated rings. The van der Waals surface area contributed by atoms with E-state index in [1.807, 2.05) is 27.2 Å². The Morgan fingerprint density at radius 3 is 1.31 bits per heavy atom. The Morgan fingerprint density at radius 1 is 0.548 bits per heavy atom. The third-order valence-electron chi connectivity index (χ3n) is 12.2. The number of quaternary nitrogens is 1. The zero-order valence-electron chi connectivity index (χ0n) is 41.8. The maximum atomic E-state index is 12.8. The SMILES string of the molecule is CCCCCCCCCCCCCCCCCCCCCCCCCC/C=C/CC/C=C/C(O)C(COP(=O)([O-])OCC[N+](C)(C)C)NC(=O)CCCCCCCCCCCC. The van der Waals surface area contributed by atoms with Crippen LogP contribution in [0.3, 0.4) is 0 Å². The highest BCUT2D eigenvalue weighted by Crippen LogP contribution is 2.38. The lowest BCUT2D eigenvalue weighted by atomic mass is 10.0. The first kappa shape index (κ1) is 61.0. The maximum absolute atomic E-state index is 12.8. The number of phosphoric acid groups is 1. The Labute approximate surface area is 385 Å². The van der Waals surface area contributed by atoms with Crippen LogP contribution in [0.2, 0.25) is 0 Å². The minimum Gasteiger partial charge on any atom is -0.756 e. The van der Waals surface area contributed by atoms with Gasteiger partial charge in [-0.2, -0.15) is 0 Å². The van der Waals surface area contributed by atoms with E-state index in [0.717, 1.165) is 38.5 Å². The normalized spacial score (nSPS) is 14.2. The average molecular weight is 897 g/mol. The summed E-state index contributed by atoms with van der Waals surface area (Å²) >= 11 is 0. The highest BCUT2D eigenvalue weighted by atomic mass is 31.2. The summed E-state index contributed by atoms with van der Waals surface area (Å²) < 4.78 is 23.2. The highest BCUT2D eigenvalue weighted by molar-refractivity contribution is 7.45. The molecule has 1 amide bonds. The summed E-state index contributed by atoms with van der Waals surface area (Å²) in [6, 6.07) is -0.898. The third-order valence-corrected chi connectivity index (χ3v) is 13.1. The minimum atomic E-state index is -4.59. The van der Waals surface area contributed by atoms with E-state index in [9.17, 15) is 19.4 Å². The molecule has 3 unspecified atom stereocenters. The number of carbonyl (C=O) groups is 1. The molecule has 368 valence electrons. The van der Waals surface area contributed by atoms with Crippen LogP contribution in [0.1, 0.15) is 258 Å². The monoisotopic (exact) mass is 897 g/mol. The highest BCUT2D eigenvalue weighted by Gasteiger charge is 2.23. The van der Waals surface area contributed by atoms with Crippen LogP contribution in [0.5, 0.6) is 0 Å². The van der Waals surface area contributed by atoms with Gasteiger partial charge >= 0.3 is 0 Å². The third kappa shape index (κ3) is 47.0. The molecule has 0 heterocycles. The Bertz CT molecular complexity index is 1060. The molecule has 9 heteroatoms. The molecule has 8 nitrogen and oxygen atoms in total. The number of unbranched alkanes of at least 4 members (excludes halogenated alkanes) is 34. The summed E-state index contributed by atoms with van der Waals surface area (Å²) in [5, 5.41) is 13.8. The lowest BCUT2D eigenvalue weighted by Crippen LogP contribution is -2.45. The first-order valence-electron chi connectivity index (χ1n) is 26.7. The first-order valence-corrected chi connectivity index (χ1v) is 28.2. The van der Waals surface area contributed by atoms with Gasteiger partial charge in [0.15, 0.2) is 0 Å². The number of hydrogen-bond donors (Lipinski definition) is 2. The van der Waals surface area contributed by atoms with E-state index in [0.29, 0.717) is 17.4 Å². The zero-order chi connectivity index (χ0) is 45.7. The van der Waals surface area contributed by atoms with Gasteiger partial charge in [-0.25, -0.2) is 0 Å². The predicted octanol–water partition coefficient (Wildman–Crippen LogP) is 15.0. The molecule has 0 saturated carbocycles. The summed E-state index contributed by atoms with van der Waals surface area (Å²) in [5.41, 5.74) is 0. The number of likely N-dealkylation sites (N-methyl/N-ethyl adjacent to an activating group) is 1. The van der Waals surface area contributed by atoms with Crippen molar-refractivity contribution in [3.05, 3.63) is 24.3 Å². The molecule has 0 aromatic rings. The van der Waals surface area contributed by atoms with Gasteiger partial charge in [-0.15, -0.1) is 0 Å². The topological polar surface area (TPSA) is 108 Å². The van der Waals surface area contributed by atoms with Gasteiger partial charge < -0.3 is 28.8 Å². The number of allylic oxidation sites excluding steroid dienone is 3. The molecule has 0 spiro atoms. The Morgan fingerprint density at radius 2 is 0.903 bits per heavy atom. The Hall–Kier alpha value is -1.02. The number of hydrogen-bond acceptors (Lipinski definition) is 6. The summed E-state index contributed by atoms with van der Waals surface area (Å²) in [6.07, 6.45) is 55.6. The predicted molar refractivity (Wildman–Crippen MR) is 265 cm³/mol. The van der Waals surface area contributed by atoms with Crippen molar-refractivity contribution in [1.82, 2.24) is 5.32 Å². The molecule has 2 N–H and O–H groups in total. The molecule has 0 rings (SSSR count). The fraction of sp³-hybridized carbons (Fsp3) is 0.906. The van der Waals surface area contributed by atoms with Crippen LogP contribution in [0.25, 0.3) is 0 Å². The van der Waals surface area contributed by atoms with Crippen LogP contribution in [0, 0.1) is 0 Å². The van der Waals surface area contributed by atoms with E-state index in [-0.39, 0.29) is 19.1 Å². The second-order valence-corrected chi connectivity index (χ2v) is 21.0. The van der Waals surface area contributed by atoms with Gasteiger partial charge in [0.05, 0.1) is 39.9 Å². The van der Waals surface area contributed by atoms with Gasteiger partial charge in [0.1, 0.15) is 13.2 Å². The van der Waals surface area contributed by atoms with Crippen molar-refractivity contribution >= 4 is 13.7 Å². The molecule has 0 aliphatic carbocycles. The average Bonchev–Trinajstić information content (AvgIpc) is 3.23. The fourth-order valence-electron chi connectivity index (χ4n) is 7.94. The van der Waals surface area contributed by atoms with Gasteiger partial charge in [-0.05, 0) is 32.1 Å².